The largest absolute Gasteiger partial charge is 0.481 e. The molecule has 2 aromatic rings. The Labute approximate surface area is 645 Å². The van der Waals surface area contributed by atoms with Gasteiger partial charge in [0.05, 0.1) is 61.8 Å². The van der Waals surface area contributed by atoms with Gasteiger partial charge in [-0.15, -0.1) is 0 Å². The molecule has 3 amide bonds. The Morgan fingerprint density at radius 3 is 1.05 bits per heavy atom. The number of carbonyl (C=O) groups is 7. The molecule has 28 heteroatoms. The zero-order valence-corrected chi connectivity index (χ0v) is 67.8. The number of aliphatic carboxylic acids is 2. The van der Waals surface area contributed by atoms with E-state index in [4.69, 9.17) is 58.9 Å². The smallest absolute Gasteiger partial charge is 0.457 e. The van der Waals surface area contributed by atoms with Gasteiger partial charge in [-0.25, -0.2) is 0 Å². The van der Waals surface area contributed by atoms with Gasteiger partial charge in [0, 0.05) is 37.0 Å². The van der Waals surface area contributed by atoms with Gasteiger partial charge < -0.3 is 85.1 Å². The van der Waals surface area contributed by atoms with E-state index in [-0.39, 0.29) is 128 Å². The number of hydrogen-bond donors (Lipinski definition) is 9. The summed E-state index contributed by atoms with van der Waals surface area (Å²) in [6.07, 6.45) is 21.0. The minimum atomic E-state index is -1.34. The Morgan fingerprint density at radius 2 is 0.741 bits per heavy atom. The minimum absolute atomic E-state index is 0.00283. The van der Waals surface area contributed by atoms with Crippen LogP contribution < -0.4 is 27.4 Å². The van der Waals surface area contributed by atoms with Crippen LogP contribution in [-0.4, -0.2) is 155 Å². The van der Waals surface area contributed by atoms with Crippen LogP contribution >= 0.6 is 0 Å². The highest BCUT2D eigenvalue weighted by Crippen LogP contribution is 2.49. The van der Waals surface area contributed by atoms with Crippen molar-refractivity contribution in [3.05, 3.63) is 71.8 Å². The average Bonchev–Trinajstić information content (AvgIpc) is 1.65. The summed E-state index contributed by atoms with van der Waals surface area (Å²) < 4.78 is 47.9. The van der Waals surface area contributed by atoms with E-state index in [1.54, 1.807) is 0 Å². The summed E-state index contributed by atoms with van der Waals surface area (Å²) in [6, 6.07) is 19.6. The van der Waals surface area contributed by atoms with Crippen LogP contribution in [0.1, 0.15) is 275 Å². The third-order valence-electron chi connectivity index (χ3n) is 24.9. The summed E-state index contributed by atoms with van der Waals surface area (Å²) in [5, 5.41) is 45.5. The lowest BCUT2D eigenvalue weighted by Gasteiger charge is -2.32. The molecule has 108 heavy (non-hydrogen) atoms. The zero-order chi connectivity index (χ0) is 80.0. The topological polar surface area (TPSA) is 362 Å². The van der Waals surface area contributed by atoms with Crippen LogP contribution in [0.15, 0.2) is 60.7 Å². The molecule has 0 radical (unpaired) electrons. The fourth-order valence-corrected chi connectivity index (χ4v) is 16.1. The van der Waals surface area contributed by atoms with Gasteiger partial charge in [-0.05, 0) is 222 Å². The Kier molecular flexibility index (Phi) is 34.2. The third kappa shape index (κ3) is 26.1. The molecule has 8 atom stereocenters. The van der Waals surface area contributed by atoms with Gasteiger partial charge in [-0.3, -0.25) is 33.6 Å². The van der Waals surface area contributed by atoms with Crippen LogP contribution in [0.4, 0.5) is 0 Å². The molecular formula is C80H133B4N5O19. The van der Waals surface area contributed by atoms with Gasteiger partial charge in [-0.2, -0.15) is 0 Å². The lowest BCUT2D eigenvalue weighted by Crippen LogP contribution is -2.41. The quantitative estimate of drug-likeness (QED) is 0.0178. The Morgan fingerprint density at radius 1 is 0.444 bits per heavy atom. The number of rotatable bonds is 34. The summed E-state index contributed by atoms with van der Waals surface area (Å²) in [5.74, 6) is -2.04. The van der Waals surface area contributed by atoms with Crippen LogP contribution in [0.5, 0.6) is 0 Å². The second kappa shape index (κ2) is 40.4. The Balaban J connectivity index is 0.000000229. The first kappa shape index (κ1) is 91.5. The van der Waals surface area contributed by atoms with Crippen LogP contribution in [0.2, 0.25) is 25.3 Å². The molecule has 24 nitrogen and oxygen atoms in total. The molecule has 0 spiro atoms. The lowest BCUT2D eigenvalue weighted by atomic mass is 9.77. The van der Waals surface area contributed by atoms with E-state index in [0.29, 0.717) is 83.7 Å². The number of nitrogens with one attached hydrogen (secondary N) is 3. The highest BCUT2D eigenvalue weighted by atomic mass is 16.7. The van der Waals surface area contributed by atoms with Crippen molar-refractivity contribution in [1.29, 1.82) is 0 Å². The highest BCUT2D eigenvalue weighted by molar-refractivity contribution is 6.46. The Bertz CT molecular complexity index is 3160. The fraction of sp³-hybridized carbons (Fsp3) is 0.762. The van der Waals surface area contributed by atoms with Crippen LogP contribution in [-0.2, 0) is 84.2 Å². The number of esters is 2. The number of nitrogens with two attached hydrogens (primary N) is 2. The first-order valence-corrected chi connectivity index (χ1v) is 40.3. The molecule has 604 valence electrons. The van der Waals surface area contributed by atoms with E-state index in [2.05, 4.69) is 71.3 Å². The molecule has 4 aliphatic carbocycles. The summed E-state index contributed by atoms with van der Waals surface area (Å²) in [4.78, 5) is 84.4. The number of amides is 3. The second-order valence-electron chi connectivity index (χ2n) is 34.8. The lowest BCUT2D eigenvalue weighted by molar-refractivity contribution is -0.158. The van der Waals surface area contributed by atoms with Crippen molar-refractivity contribution in [1.82, 2.24) is 16.0 Å². The van der Waals surface area contributed by atoms with E-state index in [0.717, 1.165) is 120 Å². The molecule has 4 saturated carbocycles. The molecule has 3 heterocycles. The highest BCUT2D eigenvalue weighted by Gasteiger charge is 2.55. The first-order valence-electron chi connectivity index (χ1n) is 40.3. The standard InChI is InChI=1S/C26H40BNO5.C23H36BNO4.C19H34BNO5.C12H23BN2O5/c1-6-22(29)28-21-14-16-26(18-21,23(30)31-19-20-12-8-7-9-13-20)15-10-11-17-27-32-24(2,3)25(4,5)33-27;1-21(2)22(3,4)29-24(28-21)15-9-8-13-23(14-12-19(25)16-23)20(26)27-17-18-10-6-5-7-11-18;1-6-15(22)21-14-9-11-19(13-14,16(23)24)10-7-8-12-20-25-17(2,3)18(4,5)26-20;14-8-10(16)15-9-3-5-12(7-9,11(17)18)4-1-2-6-13(19)20/h7-9,12-13,21H,6,10-11,14-19H2,1-5H3,(H,28,29);5-7,10-11,19H,8-9,12-17,25H2,1-4H3;14H,6-13H2,1-5H3,(H,21,22)(H,23,24);9,19-20H,1-8,14H2,(H,15,16)(H,17,18)/t21-,26+;19-,23+;14-,19+;9-,12+/m0000/s1. The number of hydrogen-bond acceptors (Lipinski definition) is 19. The van der Waals surface area contributed by atoms with Gasteiger partial charge >= 0.3 is 52.4 Å². The second-order valence-corrected chi connectivity index (χ2v) is 34.8. The summed E-state index contributed by atoms with van der Waals surface area (Å²) in [7, 11) is -1.94. The van der Waals surface area contributed by atoms with Gasteiger partial charge in [0.25, 0.3) is 0 Å². The zero-order valence-electron chi connectivity index (χ0n) is 67.8. The maximum absolute atomic E-state index is 13.3. The molecule has 7 fully saturated rings. The number of benzene rings is 2. The van der Waals surface area contributed by atoms with Crippen molar-refractivity contribution in [2.45, 2.75) is 360 Å². The van der Waals surface area contributed by atoms with Crippen LogP contribution in [0.25, 0.3) is 0 Å². The van der Waals surface area contributed by atoms with Crippen molar-refractivity contribution in [2.24, 2.45) is 33.1 Å². The van der Waals surface area contributed by atoms with Gasteiger partial charge in [0.2, 0.25) is 17.7 Å². The van der Waals surface area contributed by atoms with Gasteiger partial charge in [0.15, 0.2) is 0 Å². The molecule has 3 aliphatic heterocycles. The van der Waals surface area contributed by atoms with E-state index in [1.165, 1.54) is 0 Å². The molecular weight excluding hydrogens is 1380 g/mol. The first-order chi connectivity index (χ1) is 50.6. The molecule has 3 saturated heterocycles. The van der Waals surface area contributed by atoms with E-state index in [9.17, 15) is 43.8 Å². The summed E-state index contributed by atoms with van der Waals surface area (Å²) in [6.45, 7) is 28.9. The van der Waals surface area contributed by atoms with Crippen LogP contribution in [0, 0.1) is 21.7 Å². The molecule has 0 bridgehead atoms. The maximum Gasteiger partial charge on any atom is 0.457 e. The fourth-order valence-electron chi connectivity index (χ4n) is 16.1. The molecule has 0 aromatic heterocycles. The Hall–Kier alpha value is -5.41. The van der Waals surface area contributed by atoms with Gasteiger partial charge in [-0.1, -0.05) is 126 Å². The number of unbranched alkanes of at least 4 members (excludes halogenated alkanes) is 4. The SMILES string of the molecule is CC1(C)OB(CCCC[C@@]2(C(=O)OCc3ccccc3)CC[C@H](N)C2)OC1(C)C.CCC(=O)N[C@H]1CC[C@@](CCCCB2OC(C)(C)C(C)(C)O2)(C(=O)O)C1.CCC(=O)N[C@H]1CC[C@@](CCCCB2OC(C)(C)C(C)(C)O2)(C(=O)OCc2ccccc2)C1.NCC(=O)N[C@H]1CC[C@@](CCCCB(O)O)(C(=O)O)C1. The predicted octanol–water partition coefficient (Wildman–Crippen LogP) is 12.3. The molecule has 9 rings (SSSR count). The normalized spacial score (nSPS) is 27.2. The van der Waals surface area contributed by atoms with Gasteiger partial charge in [0.1, 0.15) is 13.2 Å². The predicted molar refractivity (Wildman–Crippen MR) is 419 cm³/mol. The van der Waals surface area contributed by atoms with E-state index >= 15 is 0 Å². The summed E-state index contributed by atoms with van der Waals surface area (Å²) >= 11 is 0. The molecule has 2 aromatic carbocycles. The number of carboxylic acid groups (broad SMARTS) is 2. The van der Waals surface area contributed by atoms with Crippen molar-refractivity contribution < 1.29 is 91.2 Å². The van der Waals surface area contributed by atoms with Crippen molar-refractivity contribution in [3.63, 3.8) is 0 Å². The average molecular weight is 1510 g/mol. The molecule has 11 N–H and O–H groups in total. The number of ether oxygens (including phenoxy) is 2. The third-order valence-corrected chi connectivity index (χ3v) is 24.9. The van der Waals surface area contributed by atoms with Crippen molar-refractivity contribution in [2.75, 3.05) is 6.54 Å². The molecule has 0 unspecified atom stereocenters. The van der Waals surface area contributed by atoms with E-state index < -0.39 is 40.7 Å². The van der Waals surface area contributed by atoms with E-state index in [1.807, 2.05) is 102 Å². The number of carboxylic acids is 2. The minimum Gasteiger partial charge on any atom is -0.481 e. The van der Waals surface area contributed by atoms with Crippen molar-refractivity contribution >= 4 is 70.1 Å². The van der Waals surface area contributed by atoms with Crippen LogP contribution in [0.3, 0.4) is 0 Å². The summed E-state index contributed by atoms with van der Waals surface area (Å²) in [5.41, 5.74) is 9.01. The monoisotopic (exact) mass is 1510 g/mol. The van der Waals surface area contributed by atoms with Crippen molar-refractivity contribution in [3.8, 4) is 0 Å². The maximum atomic E-state index is 13.3. The number of carbonyl (C=O) groups excluding carboxylic acids is 5. The molecule has 7 aliphatic rings.